The summed E-state index contributed by atoms with van der Waals surface area (Å²) in [5.74, 6) is 0.610. The minimum atomic E-state index is 0.610. The van der Waals surface area contributed by atoms with Crippen LogP contribution in [0.15, 0.2) is 23.9 Å². The molecule has 0 fully saturated rings. The van der Waals surface area contributed by atoms with Gasteiger partial charge in [-0.15, -0.1) is 0 Å². The van der Waals surface area contributed by atoms with Crippen LogP contribution in [0.25, 0.3) is 0 Å². The highest BCUT2D eigenvalue weighted by Crippen LogP contribution is 1.99. The normalized spacial score (nSPS) is 13.1. The monoisotopic (exact) mass is 139 g/mol. The first-order valence-corrected chi connectivity index (χ1v) is 3.73. The molecule has 0 unspecified atom stereocenters. The number of rotatable bonds is 3. The van der Waals surface area contributed by atoms with Gasteiger partial charge in [0.15, 0.2) is 0 Å². The van der Waals surface area contributed by atoms with Gasteiger partial charge in [0.05, 0.1) is 0 Å². The fourth-order valence-corrected chi connectivity index (χ4v) is 0.761. The highest BCUT2D eigenvalue weighted by molar-refractivity contribution is 5.16. The predicted octanol–water partition coefficient (Wildman–Crippen LogP) is 2.32. The molecule has 1 N–H and O–H groups in total. The van der Waals surface area contributed by atoms with Gasteiger partial charge < -0.3 is 5.32 Å². The van der Waals surface area contributed by atoms with E-state index in [4.69, 9.17) is 0 Å². The Morgan fingerprint density at radius 3 is 2.30 bits per heavy atom. The molecule has 0 spiro atoms. The molecule has 0 bridgehead atoms. The molecule has 1 nitrogen and oxygen atoms in total. The van der Waals surface area contributed by atoms with Gasteiger partial charge in [-0.05, 0) is 18.9 Å². The van der Waals surface area contributed by atoms with E-state index in [0.717, 1.165) is 0 Å². The molecule has 0 heterocycles. The lowest BCUT2D eigenvalue weighted by Crippen LogP contribution is -2.04. The lowest BCUT2D eigenvalue weighted by molar-refractivity contribution is 0.810. The maximum absolute atomic E-state index is 3.11. The van der Waals surface area contributed by atoms with Crippen LogP contribution in [0.2, 0.25) is 0 Å². The Kier molecular flexibility index (Phi) is 4.73. The second-order valence-corrected chi connectivity index (χ2v) is 2.62. The minimum absolute atomic E-state index is 0.610. The molecule has 0 aliphatic heterocycles. The van der Waals surface area contributed by atoms with Crippen molar-refractivity contribution in [3.63, 3.8) is 0 Å². The minimum Gasteiger partial charge on any atom is -0.388 e. The molecule has 0 aliphatic rings. The number of hydrogen-bond acceptors (Lipinski definition) is 1. The van der Waals surface area contributed by atoms with E-state index < -0.39 is 0 Å². The topological polar surface area (TPSA) is 12.0 Å². The lowest BCUT2D eigenvalue weighted by Gasteiger charge is -2.01. The van der Waals surface area contributed by atoms with E-state index in [2.05, 4.69) is 31.3 Å². The molecule has 1 heteroatoms. The van der Waals surface area contributed by atoms with Crippen LogP contribution >= 0.6 is 0 Å². The van der Waals surface area contributed by atoms with Gasteiger partial charge in [-0.25, -0.2) is 0 Å². The van der Waals surface area contributed by atoms with Gasteiger partial charge in [0, 0.05) is 12.7 Å². The summed E-state index contributed by atoms with van der Waals surface area (Å²) in [7, 11) is 1.94. The number of likely N-dealkylation sites (N-methyl/N-ethyl adjacent to an activating group) is 1. The Labute approximate surface area is 63.8 Å². The van der Waals surface area contributed by atoms with E-state index in [1.54, 1.807) is 0 Å². The van der Waals surface area contributed by atoms with E-state index in [1.165, 1.54) is 5.70 Å². The highest BCUT2D eigenvalue weighted by atomic mass is 14.8. The van der Waals surface area contributed by atoms with Crippen molar-refractivity contribution in [2.75, 3.05) is 7.05 Å². The van der Waals surface area contributed by atoms with Crippen LogP contribution in [-0.4, -0.2) is 7.05 Å². The third-order valence-corrected chi connectivity index (χ3v) is 1.15. The first-order valence-electron chi connectivity index (χ1n) is 3.73. The molecule has 0 saturated heterocycles. The zero-order chi connectivity index (χ0) is 7.98. The van der Waals surface area contributed by atoms with Crippen LogP contribution in [0.1, 0.15) is 20.8 Å². The highest BCUT2D eigenvalue weighted by Gasteiger charge is 1.88. The largest absolute Gasteiger partial charge is 0.388 e. The van der Waals surface area contributed by atoms with E-state index in [9.17, 15) is 0 Å². The van der Waals surface area contributed by atoms with Crippen LogP contribution < -0.4 is 5.32 Å². The van der Waals surface area contributed by atoms with Crippen molar-refractivity contribution in [2.45, 2.75) is 20.8 Å². The molecule has 0 amide bonds. The molecule has 0 radical (unpaired) electrons. The average Bonchev–Trinajstić information content (AvgIpc) is 1.86. The summed E-state index contributed by atoms with van der Waals surface area (Å²) in [5.41, 5.74) is 1.19. The van der Waals surface area contributed by atoms with E-state index >= 15 is 0 Å². The van der Waals surface area contributed by atoms with Crippen molar-refractivity contribution in [3.8, 4) is 0 Å². The van der Waals surface area contributed by atoms with Crippen molar-refractivity contribution < 1.29 is 0 Å². The fourth-order valence-electron chi connectivity index (χ4n) is 0.761. The van der Waals surface area contributed by atoms with Gasteiger partial charge >= 0.3 is 0 Å². The second kappa shape index (κ2) is 5.10. The summed E-state index contributed by atoms with van der Waals surface area (Å²) in [6, 6.07) is 0. The van der Waals surface area contributed by atoms with Crippen LogP contribution in [0.4, 0.5) is 0 Å². The van der Waals surface area contributed by atoms with Crippen LogP contribution in [0.5, 0.6) is 0 Å². The van der Waals surface area contributed by atoms with E-state index in [1.807, 2.05) is 20.0 Å². The van der Waals surface area contributed by atoms with Gasteiger partial charge in [0.25, 0.3) is 0 Å². The zero-order valence-corrected chi connectivity index (χ0v) is 7.31. The molecule has 0 atom stereocenters. The summed E-state index contributed by atoms with van der Waals surface area (Å²) in [6.45, 7) is 6.35. The van der Waals surface area contributed by atoms with Crippen molar-refractivity contribution in [1.29, 1.82) is 0 Å². The summed E-state index contributed by atoms with van der Waals surface area (Å²) < 4.78 is 0. The first-order chi connectivity index (χ1) is 4.70. The SMILES string of the molecule is C/C=C\C(=C/C(C)C)NC. The van der Waals surface area contributed by atoms with Crippen molar-refractivity contribution in [3.05, 3.63) is 23.9 Å². The van der Waals surface area contributed by atoms with E-state index in [-0.39, 0.29) is 0 Å². The molecular formula is C9H17N. The van der Waals surface area contributed by atoms with Gasteiger partial charge in [-0.1, -0.05) is 26.0 Å². The van der Waals surface area contributed by atoms with Crippen molar-refractivity contribution in [1.82, 2.24) is 5.32 Å². The molecule has 0 aromatic carbocycles. The standard InChI is InChI=1S/C9H17N/c1-5-6-9(10-4)7-8(2)3/h5-8,10H,1-4H3/b6-5-,9-7+. The predicted molar refractivity (Wildman–Crippen MR) is 46.8 cm³/mol. The van der Waals surface area contributed by atoms with Gasteiger partial charge in [-0.3, -0.25) is 0 Å². The molecule has 0 aliphatic carbocycles. The van der Waals surface area contributed by atoms with E-state index in [0.29, 0.717) is 5.92 Å². The average molecular weight is 139 g/mol. The number of allylic oxidation sites excluding steroid dienone is 3. The fraction of sp³-hybridized carbons (Fsp3) is 0.556. The maximum Gasteiger partial charge on any atom is 0.0296 e. The van der Waals surface area contributed by atoms with Crippen LogP contribution in [0.3, 0.4) is 0 Å². The smallest absolute Gasteiger partial charge is 0.0296 e. The molecule has 0 aromatic heterocycles. The Hall–Kier alpha value is -0.720. The lowest BCUT2D eigenvalue weighted by atomic mass is 10.2. The number of hydrogen-bond donors (Lipinski definition) is 1. The van der Waals surface area contributed by atoms with Crippen LogP contribution in [0, 0.1) is 5.92 Å². The Morgan fingerprint density at radius 2 is 2.00 bits per heavy atom. The van der Waals surface area contributed by atoms with Crippen molar-refractivity contribution >= 4 is 0 Å². The Morgan fingerprint density at radius 1 is 1.40 bits per heavy atom. The Balaban J connectivity index is 4.04. The van der Waals surface area contributed by atoms with Crippen molar-refractivity contribution in [2.24, 2.45) is 5.92 Å². The third-order valence-electron chi connectivity index (χ3n) is 1.15. The molecule has 0 saturated carbocycles. The molecule has 0 rings (SSSR count). The summed E-state index contributed by atoms with van der Waals surface area (Å²) in [5, 5.41) is 3.11. The summed E-state index contributed by atoms with van der Waals surface area (Å²) >= 11 is 0. The number of nitrogens with one attached hydrogen (secondary N) is 1. The summed E-state index contributed by atoms with van der Waals surface area (Å²) in [4.78, 5) is 0. The first kappa shape index (κ1) is 9.28. The van der Waals surface area contributed by atoms with Gasteiger partial charge in [0.2, 0.25) is 0 Å². The second-order valence-electron chi connectivity index (χ2n) is 2.62. The third kappa shape index (κ3) is 4.19. The van der Waals surface area contributed by atoms with Crippen LogP contribution in [-0.2, 0) is 0 Å². The molecule has 0 aromatic rings. The molecule has 10 heavy (non-hydrogen) atoms. The molecule has 58 valence electrons. The molecular weight excluding hydrogens is 122 g/mol. The zero-order valence-electron chi connectivity index (χ0n) is 7.31. The Bertz CT molecular complexity index is 132. The maximum atomic E-state index is 3.11. The van der Waals surface area contributed by atoms with Gasteiger partial charge in [0.1, 0.15) is 0 Å². The van der Waals surface area contributed by atoms with Gasteiger partial charge in [-0.2, -0.15) is 0 Å². The summed E-state index contributed by atoms with van der Waals surface area (Å²) in [6.07, 6.45) is 6.30. The quantitative estimate of drug-likeness (QED) is 0.592.